The molecule has 1 aromatic carbocycles. The second kappa shape index (κ2) is 6.50. The van der Waals surface area contributed by atoms with Gasteiger partial charge in [-0.25, -0.2) is 0 Å². The van der Waals surface area contributed by atoms with Gasteiger partial charge in [-0.1, -0.05) is 34.8 Å². The van der Waals surface area contributed by atoms with E-state index in [1.54, 1.807) is 23.9 Å². The van der Waals surface area contributed by atoms with Gasteiger partial charge in [0.25, 0.3) is 0 Å². The lowest BCUT2D eigenvalue weighted by atomic mass is 10.2. The normalized spacial score (nSPS) is 10.0. The van der Waals surface area contributed by atoms with Gasteiger partial charge in [0.1, 0.15) is 0 Å². The summed E-state index contributed by atoms with van der Waals surface area (Å²) in [4.78, 5) is 0. The molecule has 0 atom stereocenters. The van der Waals surface area contributed by atoms with Crippen LogP contribution in [0.4, 0.5) is 0 Å². The van der Waals surface area contributed by atoms with E-state index >= 15 is 0 Å². The van der Waals surface area contributed by atoms with E-state index in [-0.39, 0.29) is 0 Å². The third kappa shape index (κ3) is 3.77. The summed E-state index contributed by atoms with van der Waals surface area (Å²) in [5.74, 6) is 1.45. The SMILES string of the molecule is N#CCCSCc1c(Cl)ccc(Cl)c1Cl. The highest BCUT2D eigenvalue weighted by molar-refractivity contribution is 7.98. The lowest BCUT2D eigenvalue weighted by Gasteiger charge is -2.07. The van der Waals surface area contributed by atoms with Crippen molar-refractivity contribution in [3.8, 4) is 6.07 Å². The molecule has 0 spiro atoms. The Kier molecular flexibility index (Phi) is 5.63. The van der Waals surface area contributed by atoms with Crippen molar-refractivity contribution in [1.29, 1.82) is 5.26 Å². The number of hydrogen-bond acceptors (Lipinski definition) is 2. The van der Waals surface area contributed by atoms with Gasteiger partial charge in [0.15, 0.2) is 0 Å². The first-order chi connectivity index (χ1) is 7.16. The molecule has 1 nitrogen and oxygen atoms in total. The molecule has 0 saturated heterocycles. The predicted molar refractivity (Wildman–Crippen MR) is 67.9 cm³/mol. The fourth-order valence-corrected chi connectivity index (χ4v) is 2.72. The van der Waals surface area contributed by atoms with E-state index < -0.39 is 0 Å². The minimum atomic E-state index is 0.508. The summed E-state index contributed by atoms with van der Waals surface area (Å²) in [5, 5.41) is 10.0. The lowest BCUT2D eigenvalue weighted by molar-refractivity contribution is 1.23. The Morgan fingerprint density at radius 3 is 2.53 bits per heavy atom. The van der Waals surface area contributed by atoms with Crippen LogP contribution in [0.3, 0.4) is 0 Å². The molecule has 0 unspecified atom stereocenters. The summed E-state index contributed by atoms with van der Waals surface area (Å²) in [6.07, 6.45) is 0.528. The Hall–Kier alpha value is -0.0700. The highest BCUT2D eigenvalue weighted by Gasteiger charge is 2.09. The Balaban J connectivity index is 2.68. The average molecular weight is 281 g/mol. The van der Waals surface area contributed by atoms with Gasteiger partial charge in [-0.15, -0.1) is 0 Å². The van der Waals surface area contributed by atoms with Crippen molar-refractivity contribution in [2.24, 2.45) is 0 Å². The topological polar surface area (TPSA) is 23.8 Å². The van der Waals surface area contributed by atoms with E-state index in [0.717, 1.165) is 11.3 Å². The molecule has 15 heavy (non-hydrogen) atoms. The lowest BCUT2D eigenvalue weighted by Crippen LogP contribution is -1.87. The van der Waals surface area contributed by atoms with E-state index in [1.807, 2.05) is 0 Å². The van der Waals surface area contributed by atoms with Crippen LogP contribution in [-0.4, -0.2) is 5.75 Å². The minimum absolute atomic E-state index is 0.508. The summed E-state index contributed by atoms with van der Waals surface area (Å²) in [5.41, 5.74) is 0.841. The van der Waals surface area contributed by atoms with Gasteiger partial charge >= 0.3 is 0 Å². The molecule has 0 aromatic heterocycles. The Bertz CT molecular complexity index is 387. The maximum absolute atomic E-state index is 8.38. The highest BCUT2D eigenvalue weighted by Crippen LogP contribution is 2.33. The van der Waals surface area contributed by atoms with Crippen molar-refractivity contribution >= 4 is 46.6 Å². The van der Waals surface area contributed by atoms with Crippen LogP contribution in [0.1, 0.15) is 12.0 Å². The quantitative estimate of drug-likeness (QED) is 0.584. The summed E-state index contributed by atoms with van der Waals surface area (Å²) < 4.78 is 0. The molecule has 0 bridgehead atoms. The number of hydrogen-bond donors (Lipinski definition) is 0. The fourth-order valence-electron chi connectivity index (χ4n) is 0.993. The monoisotopic (exact) mass is 279 g/mol. The number of benzene rings is 1. The van der Waals surface area contributed by atoms with Crippen molar-refractivity contribution < 1.29 is 0 Å². The smallest absolute Gasteiger partial charge is 0.0647 e. The summed E-state index contributed by atoms with van der Waals surface area (Å²) in [6, 6.07) is 5.49. The van der Waals surface area contributed by atoms with E-state index in [0.29, 0.717) is 27.2 Å². The van der Waals surface area contributed by atoms with Crippen LogP contribution in [0.2, 0.25) is 15.1 Å². The van der Waals surface area contributed by atoms with E-state index in [9.17, 15) is 0 Å². The summed E-state index contributed by atoms with van der Waals surface area (Å²) >= 11 is 19.5. The van der Waals surface area contributed by atoms with Gasteiger partial charge in [-0.05, 0) is 12.1 Å². The first-order valence-corrected chi connectivity index (χ1v) is 6.52. The van der Waals surface area contributed by atoms with Crippen LogP contribution >= 0.6 is 46.6 Å². The highest BCUT2D eigenvalue weighted by atomic mass is 35.5. The molecule has 0 aliphatic carbocycles. The van der Waals surface area contributed by atoms with Gasteiger partial charge in [0.2, 0.25) is 0 Å². The zero-order valence-corrected chi connectivity index (χ0v) is 10.8. The minimum Gasteiger partial charge on any atom is -0.198 e. The molecule has 0 fully saturated rings. The molecule has 0 aliphatic heterocycles. The molecule has 1 rings (SSSR count). The third-order valence-corrected chi connectivity index (χ3v) is 3.93. The Morgan fingerprint density at radius 1 is 1.20 bits per heavy atom. The van der Waals surface area contributed by atoms with Gasteiger partial charge in [-0.3, -0.25) is 0 Å². The second-order valence-corrected chi connectivity index (χ2v) is 5.08. The van der Waals surface area contributed by atoms with Crippen molar-refractivity contribution in [1.82, 2.24) is 0 Å². The largest absolute Gasteiger partial charge is 0.198 e. The Morgan fingerprint density at radius 2 is 1.87 bits per heavy atom. The molecular weight excluding hydrogens is 273 g/mol. The molecule has 0 aliphatic rings. The molecule has 5 heteroatoms. The van der Waals surface area contributed by atoms with Gasteiger partial charge < -0.3 is 0 Å². The zero-order valence-electron chi connectivity index (χ0n) is 7.77. The molecule has 80 valence electrons. The number of nitriles is 1. The average Bonchev–Trinajstić information content (AvgIpc) is 2.23. The maximum Gasteiger partial charge on any atom is 0.0647 e. The number of thioether (sulfide) groups is 1. The van der Waals surface area contributed by atoms with Crippen LogP contribution in [0, 0.1) is 11.3 Å². The Labute approximate surface area is 108 Å². The molecule has 0 amide bonds. The first-order valence-electron chi connectivity index (χ1n) is 4.24. The van der Waals surface area contributed by atoms with Crippen molar-refractivity contribution in [2.75, 3.05) is 5.75 Å². The number of nitrogens with zero attached hydrogens (tertiary/aromatic N) is 1. The number of halogens is 3. The summed E-state index contributed by atoms with van der Waals surface area (Å²) in [6.45, 7) is 0. The molecular formula is C10H8Cl3NS. The van der Waals surface area contributed by atoms with Crippen molar-refractivity contribution in [2.45, 2.75) is 12.2 Å². The molecule has 0 N–H and O–H groups in total. The van der Waals surface area contributed by atoms with E-state index in [1.165, 1.54) is 0 Å². The predicted octanol–water partition coefficient (Wildman–Crippen LogP) is 4.79. The van der Waals surface area contributed by atoms with E-state index in [2.05, 4.69) is 6.07 Å². The van der Waals surface area contributed by atoms with Crippen LogP contribution in [0.5, 0.6) is 0 Å². The second-order valence-electron chi connectivity index (χ2n) is 2.78. The maximum atomic E-state index is 8.38. The van der Waals surface area contributed by atoms with Crippen LogP contribution in [0.15, 0.2) is 12.1 Å². The fraction of sp³-hybridized carbons (Fsp3) is 0.300. The molecule has 0 saturated carbocycles. The number of rotatable bonds is 4. The zero-order chi connectivity index (χ0) is 11.3. The summed E-state index contributed by atoms with van der Waals surface area (Å²) in [7, 11) is 0. The third-order valence-electron chi connectivity index (χ3n) is 1.74. The van der Waals surface area contributed by atoms with Crippen molar-refractivity contribution in [3.05, 3.63) is 32.8 Å². The van der Waals surface area contributed by atoms with E-state index in [4.69, 9.17) is 40.1 Å². The first kappa shape index (κ1) is 13.0. The van der Waals surface area contributed by atoms with Gasteiger partial charge in [-0.2, -0.15) is 17.0 Å². The standard InChI is InChI=1S/C10H8Cl3NS/c11-8-2-3-9(12)10(13)7(8)6-15-5-1-4-14/h2-3H,1,5-6H2. The van der Waals surface area contributed by atoms with Crippen LogP contribution in [0.25, 0.3) is 0 Å². The molecule has 0 heterocycles. The molecule has 1 aromatic rings. The van der Waals surface area contributed by atoms with Gasteiger partial charge in [0.05, 0.1) is 16.1 Å². The van der Waals surface area contributed by atoms with Crippen molar-refractivity contribution in [3.63, 3.8) is 0 Å². The van der Waals surface area contributed by atoms with Crippen LogP contribution in [-0.2, 0) is 5.75 Å². The van der Waals surface area contributed by atoms with Gasteiger partial charge in [0, 0.05) is 28.5 Å². The van der Waals surface area contributed by atoms with Crippen LogP contribution < -0.4 is 0 Å². The molecule has 0 radical (unpaired) electrons.